The van der Waals surface area contributed by atoms with E-state index in [2.05, 4.69) is 24.0 Å². The Morgan fingerprint density at radius 3 is 2.40 bits per heavy atom. The van der Waals surface area contributed by atoms with Crippen molar-refractivity contribution < 1.29 is 19.0 Å². The average molecular weight is 413 g/mol. The van der Waals surface area contributed by atoms with Crippen LogP contribution in [0.15, 0.2) is 48.5 Å². The van der Waals surface area contributed by atoms with Crippen LogP contribution in [0.2, 0.25) is 0 Å². The van der Waals surface area contributed by atoms with Gasteiger partial charge in [-0.25, -0.2) is 0 Å². The summed E-state index contributed by atoms with van der Waals surface area (Å²) < 4.78 is 16.2. The molecule has 0 bridgehead atoms. The zero-order chi connectivity index (χ0) is 21.3. The highest BCUT2D eigenvalue weighted by Gasteiger charge is 2.24. The van der Waals surface area contributed by atoms with Crippen molar-refractivity contribution in [2.75, 3.05) is 47.1 Å². The first kappa shape index (κ1) is 22.1. The molecule has 162 valence electrons. The summed E-state index contributed by atoms with van der Waals surface area (Å²) in [6.45, 7) is 6.90. The molecule has 1 fully saturated rings. The quantitative estimate of drug-likeness (QED) is 0.634. The van der Waals surface area contributed by atoms with Gasteiger partial charge in [-0.15, -0.1) is 0 Å². The Kier molecular flexibility index (Phi) is 8.11. The summed E-state index contributed by atoms with van der Waals surface area (Å²) in [6, 6.07) is 15.9. The second kappa shape index (κ2) is 11.0. The fraction of sp³-hybridized carbons (Fsp3) is 0.458. The number of ether oxygens (including phenoxy) is 3. The SMILES string of the molecule is COc1ccc(CC(=O)N(Cc2ccccc2)C(C)CN2CCOCC2)cc1OC. The van der Waals surface area contributed by atoms with Crippen LogP contribution in [-0.4, -0.2) is 68.8 Å². The molecular weight excluding hydrogens is 380 g/mol. The topological polar surface area (TPSA) is 51.2 Å². The molecule has 6 heteroatoms. The lowest BCUT2D eigenvalue weighted by molar-refractivity contribution is -0.133. The molecule has 1 unspecified atom stereocenters. The van der Waals surface area contributed by atoms with Crippen LogP contribution in [0.4, 0.5) is 0 Å². The van der Waals surface area contributed by atoms with Gasteiger partial charge < -0.3 is 19.1 Å². The number of morpholine rings is 1. The second-order valence-electron chi connectivity index (χ2n) is 7.64. The molecule has 2 aromatic carbocycles. The molecule has 0 spiro atoms. The normalized spacial score (nSPS) is 15.4. The first-order valence-corrected chi connectivity index (χ1v) is 10.4. The first-order valence-electron chi connectivity index (χ1n) is 10.4. The third-order valence-corrected chi connectivity index (χ3v) is 5.48. The van der Waals surface area contributed by atoms with Gasteiger partial charge >= 0.3 is 0 Å². The molecule has 0 aliphatic carbocycles. The summed E-state index contributed by atoms with van der Waals surface area (Å²) in [7, 11) is 3.22. The van der Waals surface area contributed by atoms with Crippen LogP contribution < -0.4 is 9.47 Å². The van der Waals surface area contributed by atoms with E-state index in [0.29, 0.717) is 24.5 Å². The summed E-state index contributed by atoms with van der Waals surface area (Å²) >= 11 is 0. The maximum Gasteiger partial charge on any atom is 0.227 e. The average Bonchev–Trinajstić information content (AvgIpc) is 2.78. The summed E-state index contributed by atoms with van der Waals surface area (Å²) in [6.07, 6.45) is 0.320. The van der Waals surface area contributed by atoms with Gasteiger partial charge in [-0.3, -0.25) is 9.69 Å². The number of carbonyl (C=O) groups excluding carboxylic acids is 1. The summed E-state index contributed by atoms with van der Waals surface area (Å²) in [5, 5.41) is 0. The summed E-state index contributed by atoms with van der Waals surface area (Å²) in [4.78, 5) is 17.7. The number of carbonyl (C=O) groups is 1. The van der Waals surface area contributed by atoms with Crippen molar-refractivity contribution in [1.29, 1.82) is 0 Å². The highest BCUT2D eigenvalue weighted by atomic mass is 16.5. The number of hydrogen-bond acceptors (Lipinski definition) is 5. The molecule has 0 radical (unpaired) electrons. The lowest BCUT2D eigenvalue weighted by Gasteiger charge is -2.35. The van der Waals surface area contributed by atoms with Crippen LogP contribution in [0.1, 0.15) is 18.1 Å². The third-order valence-electron chi connectivity index (χ3n) is 5.48. The smallest absolute Gasteiger partial charge is 0.227 e. The van der Waals surface area contributed by atoms with E-state index in [1.54, 1.807) is 14.2 Å². The van der Waals surface area contributed by atoms with Gasteiger partial charge in [0.15, 0.2) is 11.5 Å². The van der Waals surface area contributed by atoms with Gasteiger partial charge in [0.25, 0.3) is 0 Å². The lowest BCUT2D eigenvalue weighted by Crippen LogP contribution is -2.48. The summed E-state index contributed by atoms with van der Waals surface area (Å²) in [5.74, 6) is 1.40. The van der Waals surface area contributed by atoms with Crippen molar-refractivity contribution in [3.05, 3.63) is 59.7 Å². The molecule has 0 saturated carbocycles. The Balaban J connectivity index is 1.75. The molecule has 3 rings (SSSR count). The van der Waals surface area contributed by atoms with Crippen LogP contribution in [0, 0.1) is 0 Å². The minimum atomic E-state index is 0.0935. The molecule has 0 aromatic heterocycles. The van der Waals surface area contributed by atoms with Crippen LogP contribution >= 0.6 is 0 Å². The molecular formula is C24H32N2O4. The van der Waals surface area contributed by atoms with Gasteiger partial charge in [-0.2, -0.15) is 0 Å². The van der Waals surface area contributed by atoms with Gasteiger partial charge in [-0.05, 0) is 30.2 Å². The summed E-state index contributed by atoms with van der Waals surface area (Å²) in [5.41, 5.74) is 2.04. The predicted molar refractivity (Wildman–Crippen MR) is 117 cm³/mol. The Morgan fingerprint density at radius 2 is 1.73 bits per heavy atom. The fourth-order valence-corrected chi connectivity index (χ4v) is 3.79. The molecule has 2 aromatic rings. The van der Waals surface area contributed by atoms with Crippen molar-refractivity contribution in [2.24, 2.45) is 0 Å². The molecule has 1 heterocycles. The van der Waals surface area contributed by atoms with Crippen molar-refractivity contribution in [1.82, 2.24) is 9.80 Å². The van der Waals surface area contributed by atoms with E-state index < -0.39 is 0 Å². The number of hydrogen-bond donors (Lipinski definition) is 0. The minimum absolute atomic E-state index is 0.0935. The zero-order valence-electron chi connectivity index (χ0n) is 18.2. The Morgan fingerprint density at radius 1 is 1.03 bits per heavy atom. The van der Waals surface area contributed by atoms with Crippen molar-refractivity contribution in [3.63, 3.8) is 0 Å². The van der Waals surface area contributed by atoms with Crippen molar-refractivity contribution >= 4 is 5.91 Å². The maximum atomic E-state index is 13.4. The van der Waals surface area contributed by atoms with Gasteiger partial charge in [-0.1, -0.05) is 36.4 Å². The number of methoxy groups -OCH3 is 2. The van der Waals surface area contributed by atoms with Gasteiger partial charge in [0.05, 0.1) is 33.9 Å². The molecule has 1 saturated heterocycles. The van der Waals surface area contributed by atoms with E-state index in [1.807, 2.05) is 41.3 Å². The number of rotatable bonds is 9. The largest absolute Gasteiger partial charge is 0.493 e. The molecule has 6 nitrogen and oxygen atoms in total. The van der Waals surface area contributed by atoms with E-state index >= 15 is 0 Å². The predicted octanol–water partition coefficient (Wildman–Crippen LogP) is 3.00. The van der Waals surface area contributed by atoms with Gasteiger partial charge in [0.2, 0.25) is 5.91 Å². The monoisotopic (exact) mass is 412 g/mol. The van der Waals surface area contributed by atoms with E-state index in [1.165, 1.54) is 0 Å². The second-order valence-corrected chi connectivity index (χ2v) is 7.64. The van der Waals surface area contributed by atoms with Crippen LogP contribution in [-0.2, 0) is 22.5 Å². The van der Waals surface area contributed by atoms with Gasteiger partial charge in [0.1, 0.15) is 0 Å². The van der Waals surface area contributed by atoms with E-state index in [9.17, 15) is 4.79 Å². The zero-order valence-corrected chi connectivity index (χ0v) is 18.2. The number of nitrogens with zero attached hydrogens (tertiary/aromatic N) is 2. The Bertz CT molecular complexity index is 806. The van der Waals surface area contributed by atoms with Crippen LogP contribution in [0.25, 0.3) is 0 Å². The highest BCUT2D eigenvalue weighted by Crippen LogP contribution is 2.28. The molecule has 1 aliphatic rings. The third kappa shape index (κ3) is 5.97. The standard InChI is InChI=1S/C24H32N2O4/c1-19(17-25-11-13-30-14-12-25)26(18-20-7-5-4-6-8-20)24(27)16-21-9-10-22(28-2)23(15-21)29-3/h4-10,15,19H,11-14,16-18H2,1-3H3. The number of benzene rings is 2. The number of amides is 1. The lowest BCUT2D eigenvalue weighted by atomic mass is 10.1. The molecule has 0 N–H and O–H groups in total. The van der Waals surface area contributed by atoms with E-state index in [-0.39, 0.29) is 11.9 Å². The van der Waals surface area contributed by atoms with Gasteiger partial charge in [0, 0.05) is 32.2 Å². The Labute approximate surface area is 179 Å². The first-order chi connectivity index (χ1) is 14.6. The molecule has 1 aliphatic heterocycles. The van der Waals surface area contributed by atoms with E-state index in [4.69, 9.17) is 14.2 Å². The van der Waals surface area contributed by atoms with Crippen LogP contribution in [0.5, 0.6) is 11.5 Å². The maximum absolute atomic E-state index is 13.4. The van der Waals surface area contributed by atoms with Crippen molar-refractivity contribution in [3.8, 4) is 11.5 Å². The van der Waals surface area contributed by atoms with Crippen LogP contribution in [0.3, 0.4) is 0 Å². The van der Waals surface area contributed by atoms with E-state index in [0.717, 1.165) is 44.0 Å². The molecule has 30 heavy (non-hydrogen) atoms. The van der Waals surface area contributed by atoms with Crippen molar-refractivity contribution in [2.45, 2.75) is 25.9 Å². The highest BCUT2D eigenvalue weighted by molar-refractivity contribution is 5.79. The Hall–Kier alpha value is -2.57. The molecule has 1 amide bonds. The fourth-order valence-electron chi connectivity index (χ4n) is 3.79. The minimum Gasteiger partial charge on any atom is -0.493 e. The molecule has 1 atom stereocenters.